The fourth-order valence-corrected chi connectivity index (χ4v) is 1.74. The lowest BCUT2D eigenvalue weighted by Crippen LogP contribution is -2.00. The van der Waals surface area contributed by atoms with Crippen LogP contribution in [0.15, 0.2) is 36.4 Å². The molecule has 0 spiro atoms. The molecular weight excluding hydrogens is 250 g/mol. The maximum atomic E-state index is 13.6. The molecule has 0 unspecified atom stereocenters. The van der Waals surface area contributed by atoms with Crippen molar-refractivity contribution < 1.29 is 18.6 Å². The minimum atomic E-state index is -0.522. The fraction of sp³-hybridized carbons (Fsp3) is 0.200. The van der Waals surface area contributed by atoms with Crippen LogP contribution in [-0.4, -0.2) is 5.11 Å². The lowest BCUT2D eigenvalue weighted by Gasteiger charge is -2.10. The van der Waals surface area contributed by atoms with Gasteiger partial charge in [0.05, 0.1) is 6.61 Å². The van der Waals surface area contributed by atoms with Crippen molar-refractivity contribution in [2.75, 3.05) is 0 Å². The van der Waals surface area contributed by atoms with Crippen LogP contribution in [0.5, 0.6) is 5.75 Å². The number of aliphatic hydroxyl groups excluding tert-OH is 1. The van der Waals surface area contributed by atoms with Gasteiger partial charge in [-0.25, -0.2) is 8.78 Å². The van der Waals surface area contributed by atoms with E-state index in [0.717, 1.165) is 11.1 Å². The van der Waals surface area contributed by atoms with E-state index in [1.54, 1.807) is 19.1 Å². The number of aryl methyl sites for hydroxylation is 1. The molecule has 2 rings (SSSR count). The Balaban J connectivity index is 2.10. The van der Waals surface area contributed by atoms with Crippen molar-refractivity contribution in [1.29, 1.82) is 0 Å². The number of rotatable bonds is 4. The molecule has 0 saturated heterocycles. The zero-order chi connectivity index (χ0) is 13.8. The van der Waals surface area contributed by atoms with Gasteiger partial charge in [0.25, 0.3) is 0 Å². The molecule has 4 heteroatoms. The molecule has 19 heavy (non-hydrogen) atoms. The number of aliphatic hydroxyl groups is 1. The molecule has 0 amide bonds. The summed E-state index contributed by atoms with van der Waals surface area (Å²) in [5.74, 6) is -0.716. The van der Waals surface area contributed by atoms with E-state index in [4.69, 9.17) is 9.84 Å². The topological polar surface area (TPSA) is 29.5 Å². The third-order valence-electron chi connectivity index (χ3n) is 2.87. The van der Waals surface area contributed by atoms with Crippen molar-refractivity contribution in [1.82, 2.24) is 0 Å². The van der Waals surface area contributed by atoms with E-state index >= 15 is 0 Å². The fourth-order valence-electron chi connectivity index (χ4n) is 1.74. The van der Waals surface area contributed by atoms with E-state index in [-0.39, 0.29) is 24.8 Å². The molecular formula is C15H14F2O2. The third kappa shape index (κ3) is 3.29. The van der Waals surface area contributed by atoms with Gasteiger partial charge in [-0.1, -0.05) is 12.1 Å². The van der Waals surface area contributed by atoms with Gasteiger partial charge in [0, 0.05) is 0 Å². The van der Waals surface area contributed by atoms with Crippen LogP contribution in [0.25, 0.3) is 0 Å². The first-order chi connectivity index (χ1) is 9.10. The van der Waals surface area contributed by atoms with Gasteiger partial charge >= 0.3 is 0 Å². The molecule has 0 radical (unpaired) electrons. The van der Waals surface area contributed by atoms with Gasteiger partial charge < -0.3 is 9.84 Å². The van der Waals surface area contributed by atoms with Crippen molar-refractivity contribution in [3.63, 3.8) is 0 Å². The highest BCUT2D eigenvalue weighted by Gasteiger charge is 2.06. The number of halogens is 2. The molecule has 1 N–H and O–H groups in total. The summed E-state index contributed by atoms with van der Waals surface area (Å²) in [6, 6.07) is 8.66. The van der Waals surface area contributed by atoms with Gasteiger partial charge in [-0.05, 0) is 47.9 Å². The summed E-state index contributed by atoms with van der Waals surface area (Å²) in [7, 11) is 0. The standard InChI is InChI=1S/C15H14F2O2/c1-10-6-13(16)4-3-12(10)9-19-15-5-2-11(8-18)7-14(15)17/h2-7,18H,8-9H2,1H3. The zero-order valence-corrected chi connectivity index (χ0v) is 10.5. The van der Waals surface area contributed by atoms with Crippen LogP contribution in [-0.2, 0) is 13.2 Å². The summed E-state index contributed by atoms with van der Waals surface area (Å²) in [5.41, 5.74) is 2.04. The van der Waals surface area contributed by atoms with Crippen LogP contribution >= 0.6 is 0 Å². The van der Waals surface area contributed by atoms with Gasteiger partial charge in [-0.3, -0.25) is 0 Å². The van der Waals surface area contributed by atoms with Crippen molar-refractivity contribution >= 4 is 0 Å². The van der Waals surface area contributed by atoms with Crippen LogP contribution in [0.4, 0.5) is 8.78 Å². The Morgan fingerprint density at radius 1 is 1.11 bits per heavy atom. The molecule has 0 aliphatic rings. The van der Waals surface area contributed by atoms with Crippen molar-refractivity contribution in [3.05, 3.63) is 64.7 Å². The quantitative estimate of drug-likeness (QED) is 0.917. The summed E-state index contributed by atoms with van der Waals surface area (Å²) >= 11 is 0. The highest BCUT2D eigenvalue weighted by Crippen LogP contribution is 2.20. The van der Waals surface area contributed by atoms with Crippen molar-refractivity contribution in [3.8, 4) is 5.75 Å². The maximum Gasteiger partial charge on any atom is 0.165 e. The predicted octanol–water partition coefficient (Wildman–Crippen LogP) is 3.34. The second kappa shape index (κ2) is 5.80. The second-order valence-corrected chi connectivity index (χ2v) is 4.28. The van der Waals surface area contributed by atoms with Crippen LogP contribution in [0, 0.1) is 18.6 Å². The van der Waals surface area contributed by atoms with E-state index in [2.05, 4.69) is 0 Å². The highest BCUT2D eigenvalue weighted by molar-refractivity contribution is 5.30. The van der Waals surface area contributed by atoms with E-state index in [1.807, 2.05) is 0 Å². The summed E-state index contributed by atoms with van der Waals surface area (Å²) in [6.07, 6.45) is 0. The first kappa shape index (κ1) is 13.5. The van der Waals surface area contributed by atoms with Crippen LogP contribution in [0.3, 0.4) is 0 Å². The SMILES string of the molecule is Cc1cc(F)ccc1COc1ccc(CO)cc1F. The van der Waals surface area contributed by atoms with Crippen molar-refractivity contribution in [2.24, 2.45) is 0 Å². The number of benzene rings is 2. The Labute approximate surface area is 110 Å². The molecule has 0 fully saturated rings. The largest absolute Gasteiger partial charge is 0.486 e. The molecule has 0 aromatic heterocycles. The van der Waals surface area contributed by atoms with Crippen LogP contribution in [0.1, 0.15) is 16.7 Å². The lowest BCUT2D eigenvalue weighted by atomic mass is 10.1. The van der Waals surface area contributed by atoms with Crippen LogP contribution < -0.4 is 4.74 Å². The Kier molecular flexibility index (Phi) is 4.12. The monoisotopic (exact) mass is 264 g/mol. The molecule has 0 bridgehead atoms. The molecule has 0 heterocycles. The number of ether oxygens (including phenoxy) is 1. The summed E-state index contributed by atoms with van der Waals surface area (Å²) in [4.78, 5) is 0. The molecule has 2 aromatic rings. The minimum absolute atomic E-state index is 0.112. The van der Waals surface area contributed by atoms with E-state index in [1.165, 1.54) is 24.3 Å². The first-order valence-corrected chi connectivity index (χ1v) is 5.87. The highest BCUT2D eigenvalue weighted by atomic mass is 19.1. The molecule has 0 atom stereocenters. The second-order valence-electron chi connectivity index (χ2n) is 4.28. The average molecular weight is 264 g/mol. The summed E-state index contributed by atoms with van der Waals surface area (Å²) in [6.45, 7) is 1.72. The van der Waals surface area contributed by atoms with Gasteiger partial charge in [-0.15, -0.1) is 0 Å². The van der Waals surface area contributed by atoms with Gasteiger partial charge in [0.15, 0.2) is 11.6 Å². The molecule has 0 aliphatic heterocycles. The summed E-state index contributed by atoms with van der Waals surface area (Å²) < 4.78 is 31.9. The van der Waals surface area contributed by atoms with Crippen LogP contribution in [0.2, 0.25) is 0 Å². The average Bonchev–Trinajstić information content (AvgIpc) is 2.39. The minimum Gasteiger partial charge on any atom is -0.486 e. The number of hydrogen-bond acceptors (Lipinski definition) is 2. The third-order valence-corrected chi connectivity index (χ3v) is 2.87. The Hall–Kier alpha value is -1.94. The van der Waals surface area contributed by atoms with E-state index < -0.39 is 5.82 Å². The van der Waals surface area contributed by atoms with Gasteiger partial charge in [-0.2, -0.15) is 0 Å². The van der Waals surface area contributed by atoms with E-state index in [9.17, 15) is 8.78 Å². The molecule has 2 aromatic carbocycles. The van der Waals surface area contributed by atoms with Crippen molar-refractivity contribution in [2.45, 2.75) is 20.1 Å². The van der Waals surface area contributed by atoms with Gasteiger partial charge in [0.2, 0.25) is 0 Å². The van der Waals surface area contributed by atoms with Gasteiger partial charge in [0.1, 0.15) is 12.4 Å². The Morgan fingerprint density at radius 3 is 2.53 bits per heavy atom. The smallest absolute Gasteiger partial charge is 0.165 e. The Morgan fingerprint density at radius 2 is 1.89 bits per heavy atom. The van der Waals surface area contributed by atoms with E-state index in [0.29, 0.717) is 5.56 Å². The molecule has 0 saturated carbocycles. The molecule has 100 valence electrons. The Bertz CT molecular complexity index is 582. The summed E-state index contributed by atoms with van der Waals surface area (Å²) in [5, 5.41) is 8.88. The lowest BCUT2D eigenvalue weighted by molar-refractivity contribution is 0.276. The predicted molar refractivity (Wildman–Crippen MR) is 67.8 cm³/mol. The first-order valence-electron chi connectivity index (χ1n) is 5.87. The molecule has 2 nitrogen and oxygen atoms in total. The maximum absolute atomic E-state index is 13.6. The normalized spacial score (nSPS) is 10.5. The zero-order valence-electron chi connectivity index (χ0n) is 10.5. The number of hydrogen-bond donors (Lipinski definition) is 1. The molecule has 0 aliphatic carbocycles.